The summed E-state index contributed by atoms with van der Waals surface area (Å²) in [7, 11) is 0. The van der Waals surface area contributed by atoms with Gasteiger partial charge in [-0.1, -0.05) is 26.0 Å². The van der Waals surface area contributed by atoms with Crippen molar-refractivity contribution in [1.29, 1.82) is 0 Å². The Morgan fingerprint density at radius 2 is 2.12 bits per heavy atom. The van der Waals surface area contributed by atoms with Crippen molar-refractivity contribution in [3.05, 3.63) is 46.8 Å². The van der Waals surface area contributed by atoms with E-state index in [2.05, 4.69) is 34.7 Å². The van der Waals surface area contributed by atoms with Gasteiger partial charge in [0.2, 0.25) is 0 Å². The van der Waals surface area contributed by atoms with Gasteiger partial charge in [-0.05, 0) is 30.0 Å². The number of carbonyl (C=O) groups is 1. The van der Waals surface area contributed by atoms with Crippen molar-refractivity contribution in [3.8, 4) is 5.75 Å². The molecule has 6 heteroatoms. The molecule has 134 valence electrons. The van der Waals surface area contributed by atoms with Crippen molar-refractivity contribution in [3.63, 3.8) is 0 Å². The lowest BCUT2D eigenvalue weighted by Crippen LogP contribution is -2.29. The molecule has 1 aromatic carbocycles. The van der Waals surface area contributed by atoms with Crippen LogP contribution in [-0.4, -0.2) is 35.8 Å². The number of nitrogens with one attached hydrogen (secondary N) is 3. The lowest BCUT2D eigenvalue weighted by Gasteiger charge is -2.13. The van der Waals surface area contributed by atoms with Crippen LogP contribution in [0.1, 0.15) is 41.2 Å². The van der Waals surface area contributed by atoms with Crippen LogP contribution < -0.4 is 15.4 Å². The molecule has 1 aliphatic rings. The molecule has 0 atom stereocenters. The molecule has 1 aliphatic heterocycles. The van der Waals surface area contributed by atoms with Gasteiger partial charge in [-0.2, -0.15) is 5.10 Å². The maximum Gasteiger partial charge on any atom is 0.272 e. The second kappa shape index (κ2) is 8.16. The fourth-order valence-corrected chi connectivity index (χ4v) is 2.83. The van der Waals surface area contributed by atoms with Crippen molar-refractivity contribution in [2.75, 3.05) is 19.7 Å². The van der Waals surface area contributed by atoms with Crippen molar-refractivity contribution in [1.82, 2.24) is 20.8 Å². The van der Waals surface area contributed by atoms with E-state index in [1.807, 2.05) is 24.3 Å². The Bertz CT molecular complexity index is 707. The highest BCUT2D eigenvalue weighted by Gasteiger charge is 2.21. The van der Waals surface area contributed by atoms with Crippen molar-refractivity contribution >= 4 is 5.91 Å². The molecule has 2 aromatic rings. The average molecular weight is 342 g/mol. The lowest BCUT2D eigenvalue weighted by atomic mass is 10.1. The summed E-state index contributed by atoms with van der Waals surface area (Å²) < 4.78 is 5.68. The number of nitrogens with zero attached hydrogens (tertiary/aromatic N) is 1. The van der Waals surface area contributed by atoms with E-state index in [4.69, 9.17) is 4.74 Å². The fraction of sp³-hybridized carbons (Fsp3) is 0.474. The molecule has 0 saturated carbocycles. The summed E-state index contributed by atoms with van der Waals surface area (Å²) in [6.45, 7) is 7.19. The molecule has 1 amide bonds. The average Bonchev–Trinajstić information content (AvgIpc) is 3.05. The molecule has 0 aliphatic carbocycles. The second-order valence-corrected chi connectivity index (χ2v) is 6.81. The number of carbonyl (C=O) groups excluding carboxylic acids is 1. The van der Waals surface area contributed by atoms with Crippen molar-refractivity contribution in [2.24, 2.45) is 5.92 Å². The van der Waals surface area contributed by atoms with Gasteiger partial charge in [0, 0.05) is 37.3 Å². The second-order valence-electron chi connectivity index (χ2n) is 6.81. The van der Waals surface area contributed by atoms with E-state index in [1.54, 1.807) is 0 Å². The van der Waals surface area contributed by atoms with Crippen LogP contribution in [0.3, 0.4) is 0 Å². The first-order valence-corrected chi connectivity index (χ1v) is 8.90. The zero-order valence-corrected chi connectivity index (χ0v) is 14.9. The predicted molar refractivity (Wildman–Crippen MR) is 96.8 cm³/mol. The monoisotopic (exact) mass is 342 g/mol. The van der Waals surface area contributed by atoms with Gasteiger partial charge in [-0.15, -0.1) is 0 Å². The summed E-state index contributed by atoms with van der Waals surface area (Å²) in [5, 5.41) is 13.4. The number of fused-ring (bicyclic) bond motifs is 1. The zero-order chi connectivity index (χ0) is 17.6. The van der Waals surface area contributed by atoms with E-state index in [0.29, 0.717) is 24.7 Å². The van der Waals surface area contributed by atoms with Gasteiger partial charge in [0.25, 0.3) is 5.91 Å². The molecule has 2 heterocycles. The molecule has 0 unspecified atom stereocenters. The van der Waals surface area contributed by atoms with Crippen LogP contribution in [0, 0.1) is 5.92 Å². The van der Waals surface area contributed by atoms with Gasteiger partial charge in [0.1, 0.15) is 5.75 Å². The smallest absolute Gasteiger partial charge is 0.272 e. The number of H-pyrrole nitrogens is 1. The van der Waals surface area contributed by atoms with E-state index in [9.17, 15) is 4.79 Å². The molecule has 6 nitrogen and oxygen atoms in total. The summed E-state index contributed by atoms with van der Waals surface area (Å²) in [6, 6.07) is 8.05. The molecule has 3 N–H and O–H groups in total. The number of hydrogen-bond acceptors (Lipinski definition) is 4. The van der Waals surface area contributed by atoms with E-state index < -0.39 is 0 Å². The molecule has 1 aromatic heterocycles. The van der Waals surface area contributed by atoms with Crippen LogP contribution in [0.4, 0.5) is 0 Å². The Morgan fingerprint density at radius 1 is 1.32 bits per heavy atom. The zero-order valence-electron chi connectivity index (χ0n) is 14.9. The number of amides is 1. The highest BCUT2D eigenvalue weighted by Crippen LogP contribution is 2.16. The number of benzene rings is 1. The molecule has 0 saturated heterocycles. The molecular weight excluding hydrogens is 316 g/mol. The van der Waals surface area contributed by atoms with Gasteiger partial charge >= 0.3 is 0 Å². The largest absolute Gasteiger partial charge is 0.493 e. The molecule has 0 radical (unpaired) electrons. The number of hydrogen-bond donors (Lipinski definition) is 3. The molecule has 25 heavy (non-hydrogen) atoms. The standard InChI is InChI=1S/C19H26N4O2/c1-13(2)12-25-15-5-3-14(4-6-15)7-10-21-19(24)18-16-11-20-9-8-17(16)22-23-18/h3-6,13,20H,7-12H2,1-2H3,(H,21,24)(H,22,23). The molecular formula is C19H26N4O2. The highest BCUT2D eigenvalue weighted by atomic mass is 16.5. The summed E-state index contributed by atoms with van der Waals surface area (Å²) in [5.74, 6) is 1.29. The van der Waals surface area contributed by atoms with Crippen molar-refractivity contribution < 1.29 is 9.53 Å². The number of aromatic nitrogens is 2. The highest BCUT2D eigenvalue weighted by molar-refractivity contribution is 5.94. The Kier molecular flexibility index (Phi) is 5.71. The molecule has 0 fully saturated rings. The topological polar surface area (TPSA) is 79.0 Å². The first kappa shape index (κ1) is 17.5. The third kappa shape index (κ3) is 4.60. The Labute approximate surface area is 148 Å². The minimum absolute atomic E-state index is 0.113. The Hall–Kier alpha value is -2.34. The van der Waals surface area contributed by atoms with Crippen LogP contribution >= 0.6 is 0 Å². The predicted octanol–water partition coefficient (Wildman–Crippen LogP) is 2.06. The van der Waals surface area contributed by atoms with Crippen molar-refractivity contribution in [2.45, 2.75) is 33.2 Å². The lowest BCUT2D eigenvalue weighted by molar-refractivity contribution is 0.0948. The first-order valence-electron chi connectivity index (χ1n) is 8.90. The number of ether oxygens (including phenoxy) is 1. The SMILES string of the molecule is CC(C)COc1ccc(CCNC(=O)c2n[nH]c3c2CNCC3)cc1. The van der Waals surface area contributed by atoms with Crippen LogP contribution in [0.5, 0.6) is 5.75 Å². The van der Waals surface area contributed by atoms with Gasteiger partial charge < -0.3 is 15.4 Å². The third-order valence-corrected chi connectivity index (χ3v) is 4.23. The molecule has 0 bridgehead atoms. The third-order valence-electron chi connectivity index (χ3n) is 4.23. The van der Waals surface area contributed by atoms with Gasteiger partial charge in [-0.3, -0.25) is 9.89 Å². The van der Waals surface area contributed by atoms with Crippen LogP contribution in [0.2, 0.25) is 0 Å². The molecule has 3 rings (SSSR count). The van der Waals surface area contributed by atoms with E-state index in [1.165, 1.54) is 5.56 Å². The van der Waals surface area contributed by atoms with Gasteiger partial charge in [0.05, 0.1) is 6.61 Å². The van der Waals surface area contributed by atoms with Crippen LogP contribution in [0.25, 0.3) is 0 Å². The Balaban J connectivity index is 1.48. The summed E-state index contributed by atoms with van der Waals surface area (Å²) in [4.78, 5) is 12.3. The number of rotatable bonds is 7. The molecule has 0 spiro atoms. The fourth-order valence-electron chi connectivity index (χ4n) is 2.83. The minimum Gasteiger partial charge on any atom is -0.493 e. The maximum absolute atomic E-state index is 12.3. The van der Waals surface area contributed by atoms with E-state index in [0.717, 1.165) is 43.0 Å². The quantitative estimate of drug-likeness (QED) is 0.720. The Morgan fingerprint density at radius 3 is 2.88 bits per heavy atom. The minimum atomic E-state index is -0.113. The van der Waals surface area contributed by atoms with E-state index >= 15 is 0 Å². The van der Waals surface area contributed by atoms with Crippen LogP contribution in [-0.2, 0) is 19.4 Å². The normalized spacial score (nSPS) is 13.6. The summed E-state index contributed by atoms with van der Waals surface area (Å²) in [6.07, 6.45) is 1.67. The van der Waals surface area contributed by atoms with Gasteiger partial charge in [-0.25, -0.2) is 0 Å². The first-order chi connectivity index (χ1) is 12.1. The maximum atomic E-state index is 12.3. The van der Waals surface area contributed by atoms with Crippen LogP contribution in [0.15, 0.2) is 24.3 Å². The summed E-state index contributed by atoms with van der Waals surface area (Å²) in [5.41, 5.74) is 3.75. The summed E-state index contributed by atoms with van der Waals surface area (Å²) >= 11 is 0. The van der Waals surface area contributed by atoms with E-state index in [-0.39, 0.29) is 5.91 Å². The number of aromatic amines is 1. The van der Waals surface area contributed by atoms with Gasteiger partial charge in [0.15, 0.2) is 5.69 Å².